The predicted molar refractivity (Wildman–Crippen MR) is 85.7 cm³/mol. The van der Waals surface area contributed by atoms with Gasteiger partial charge in [0.15, 0.2) is 0 Å². The van der Waals surface area contributed by atoms with Crippen LogP contribution in [0, 0.1) is 5.82 Å². The Bertz CT molecular complexity index is 443. The summed E-state index contributed by atoms with van der Waals surface area (Å²) in [5.41, 5.74) is 6.18. The summed E-state index contributed by atoms with van der Waals surface area (Å²) >= 11 is 0. The Morgan fingerprint density at radius 3 is 2.43 bits per heavy atom. The van der Waals surface area contributed by atoms with Crippen LogP contribution in [-0.2, 0) is 4.79 Å². The Labute approximate surface area is 126 Å². The van der Waals surface area contributed by atoms with Crippen LogP contribution in [0.4, 0.5) is 15.8 Å². The van der Waals surface area contributed by atoms with Crippen LogP contribution in [0.3, 0.4) is 0 Å². The highest BCUT2D eigenvalue weighted by molar-refractivity contribution is 5.92. The molecular weight excluding hydrogens is 269 g/mol. The van der Waals surface area contributed by atoms with Gasteiger partial charge in [0.25, 0.3) is 0 Å². The normalized spacial score (nSPS) is 10.9. The number of rotatable bonds is 9. The van der Waals surface area contributed by atoms with Gasteiger partial charge in [0.1, 0.15) is 5.82 Å². The third-order valence-electron chi connectivity index (χ3n) is 3.29. The largest absolute Gasteiger partial charge is 0.399 e. The van der Waals surface area contributed by atoms with Crippen molar-refractivity contribution in [3.05, 3.63) is 24.0 Å². The molecule has 1 aromatic carbocycles. The minimum atomic E-state index is -0.466. The molecule has 0 bridgehead atoms. The molecule has 0 aromatic heterocycles. The van der Waals surface area contributed by atoms with Crippen molar-refractivity contribution in [2.75, 3.05) is 30.7 Å². The number of carbonyl (C=O) groups is 1. The minimum absolute atomic E-state index is 0.144. The van der Waals surface area contributed by atoms with Gasteiger partial charge >= 0.3 is 0 Å². The van der Waals surface area contributed by atoms with Gasteiger partial charge in [-0.05, 0) is 44.1 Å². The Morgan fingerprint density at radius 2 is 1.86 bits per heavy atom. The molecule has 0 atom stereocenters. The molecule has 3 N–H and O–H groups in total. The molecule has 0 heterocycles. The summed E-state index contributed by atoms with van der Waals surface area (Å²) in [6, 6.07) is 4.17. The third-order valence-corrected chi connectivity index (χ3v) is 3.29. The van der Waals surface area contributed by atoms with E-state index in [4.69, 9.17) is 5.73 Å². The Morgan fingerprint density at radius 1 is 1.24 bits per heavy atom. The zero-order valence-corrected chi connectivity index (χ0v) is 13.0. The molecule has 0 unspecified atom stereocenters. The van der Waals surface area contributed by atoms with E-state index in [1.54, 1.807) is 0 Å². The van der Waals surface area contributed by atoms with Gasteiger partial charge in [-0.15, -0.1) is 0 Å². The molecule has 0 aliphatic rings. The van der Waals surface area contributed by atoms with Crippen molar-refractivity contribution < 1.29 is 9.18 Å². The molecule has 4 nitrogen and oxygen atoms in total. The van der Waals surface area contributed by atoms with Gasteiger partial charge in [-0.1, -0.05) is 26.7 Å². The van der Waals surface area contributed by atoms with Gasteiger partial charge < -0.3 is 11.1 Å². The molecule has 21 heavy (non-hydrogen) atoms. The maximum atomic E-state index is 13.6. The van der Waals surface area contributed by atoms with E-state index in [0.29, 0.717) is 5.69 Å². The average molecular weight is 295 g/mol. The number of anilines is 2. The summed E-state index contributed by atoms with van der Waals surface area (Å²) in [6.45, 7) is 6.32. The summed E-state index contributed by atoms with van der Waals surface area (Å²) < 4.78 is 13.6. The van der Waals surface area contributed by atoms with Gasteiger partial charge in [-0.2, -0.15) is 0 Å². The van der Waals surface area contributed by atoms with Crippen molar-refractivity contribution in [1.29, 1.82) is 0 Å². The number of benzene rings is 1. The lowest BCUT2D eigenvalue weighted by atomic mass is 10.2. The molecular formula is C16H26FN3O. The molecule has 0 aliphatic carbocycles. The zero-order chi connectivity index (χ0) is 15.7. The number of hydrogen-bond acceptors (Lipinski definition) is 3. The van der Waals surface area contributed by atoms with E-state index in [1.807, 2.05) is 0 Å². The van der Waals surface area contributed by atoms with Crippen LogP contribution in [0.5, 0.6) is 0 Å². The first-order valence-corrected chi connectivity index (χ1v) is 7.64. The van der Waals surface area contributed by atoms with Crippen molar-refractivity contribution in [2.24, 2.45) is 0 Å². The van der Waals surface area contributed by atoms with E-state index >= 15 is 0 Å². The van der Waals surface area contributed by atoms with Crippen molar-refractivity contribution in [1.82, 2.24) is 4.90 Å². The summed E-state index contributed by atoms with van der Waals surface area (Å²) in [6.07, 6.45) is 4.30. The molecule has 0 aliphatic heterocycles. The molecule has 118 valence electrons. The van der Waals surface area contributed by atoms with Crippen LogP contribution < -0.4 is 11.1 Å². The maximum absolute atomic E-state index is 13.6. The Balaban J connectivity index is 2.57. The number of nitrogens with two attached hydrogens (primary N) is 1. The maximum Gasteiger partial charge on any atom is 0.238 e. The van der Waals surface area contributed by atoms with Gasteiger partial charge in [0.05, 0.1) is 12.2 Å². The van der Waals surface area contributed by atoms with Crippen molar-refractivity contribution in [3.63, 3.8) is 0 Å². The van der Waals surface area contributed by atoms with E-state index in [9.17, 15) is 9.18 Å². The van der Waals surface area contributed by atoms with Crippen molar-refractivity contribution in [2.45, 2.75) is 39.5 Å². The van der Waals surface area contributed by atoms with Gasteiger partial charge in [-0.3, -0.25) is 9.69 Å². The molecule has 0 radical (unpaired) electrons. The van der Waals surface area contributed by atoms with Crippen LogP contribution >= 0.6 is 0 Å². The molecule has 1 rings (SSSR count). The highest BCUT2D eigenvalue weighted by Gasteiger charge is 2.12. The fourth-order valence-corrected chi connectivity index (χ4v) is 2.06. The van der Waals surface area contributed by atoms with Crippen LogP contribution in [0.2, 0.25) is 0 Å². The van der Waals surface area contributed by atoms with E-state index in [1.165, 1.54) is 18.2 Å². The van der Waals surface area contributed by atoms with Gasteiger partial charge in [-0.25, -0.2) is 4.39 Å². The number of nitrogens with one attached hydrogen (secondary N) is 1. The van der Waals surface area contributed by atoms with E-state index < -0.39 is 5.82 Å². The summed E-state index contributed by atoms with van der Waals surface area (Å²) in [5, 5.41) is 2.60. The summed E-state index contributed by atoms with van der Waals surface area (Å²) in [4.78, 5) is 14.2. The number of hydrogen-bond donors (Lipinski definition) is 2. The Kier molecular flexibility index (Phi) is 7.75. The second kappa shape index (κ2) is 9.34. The summed E-state index contributed by atoms with van der Waals surface area (Å²) in [5.74, 6) is -0.669. The molecule has 0 spiro atoms. The van der Waals surface area contributed by atoms with Crippen LogP contribution in [0.1, 0.15) is 39.5 Å². The van der Waals surface area contributed by atoms with E-state index in [-0.39, 0.29) is 18.1 Å². The summed E-state index contributed by atoms with van der Waals surface area (Å²) in [7, 11) is 0. The first-order chi connectivity index (χ1) is 10.1. The van der Waals surface area contributed by atoms with Crippen LogP contribution in [0.15, 0.2) is 18.2 Å². The molecule has 0 fully saturated rings. The zero-order valence-electron chi connectivity index (χ0n) is 13.0. The lowest BCUT2D eigenvalue weighted by Gasteiger charge is -2.21. The van der Waals surface area contributed by atoms with Crippen molar-refractivity contribution >= 4 is 17.3 Å². The molecule has 0 saturated carbocycles. The topological polar surface area (TPSA) is 58.4 Å². The Hall–Kier alpha value is -1.62. The molecule has 1 aromatic rings. The smallest absolute Gasteiger partial charge is 0.238 e. The fraction of sp³-hybridized carbons (Fsp3) is 0.562. The molecule has 1 amide bonds. The quantitative estimate of drug-likeness (QED) is 0.688. The number of halogens is 1. The van der Waals surface area contributed by atoms with E-state index in [2.05, 4.69) is 24.1 Å². The first kappa shape index (κ1) is 17.4. The fourth-order valence-electron chi connectivity index (χ4n) is 2.06. The lowest BCUT2D eigenvalue weighted by molar-refractivity contribution is -0.117. The second-order valence-electron chi connectivity index (χ2n) is 5.27. The SMILES string of the molecule is CCCCN(CCCC)CC(=O)Nc1cc(N)ccc1F. The van der Waals surface area contributed by atoms with E-state index in [0.717, 1.165) is 38.8 Å². The van der Waals surface area contributed by atoms with Crippen molar-refractivity contribution in [3.8, 4) is 0 Å². The highest BCUT2D eigenvalue weighted by atomic mass is 19.1. The van der Waals surface area contributed by atoms with Gasteiger partial charge in [0.2, 0.25) is 5.91 Å². The van der Waals surface area contributed by atoms with Crippen LogP contribution in [-0.4, -0.2) is 30.4 Å². The number of nitrogen functional groups attached to an aromatic ring is 1. The third kappa shape index (κ3) is 6.58. The minimum Gasteiger partial charge on any atom is -0.399 e. The first-order valence-electron chi connectivity index (χ1n) is 7.64. The standard InChI is InChI=1S/C16H26FN3O/c1-3-5-9-20(10-6-4-2)12-16(21)19-15-11-13(18)7-8-14(15)17/h7-8,11H,3-6,9-10,12,18H2,1-2H3,(H,19,21). The number of carbonyl (C=O) groups excluding carboxylic acids is 1. The molecule has 5 heteroatoms. The second-order valence-corrected chi connectivity index (χ2v) is 5.27. The monoisotopic (exact) mass is 295 g/mol. The highest BCUT2D eigenvalue weighted by Crippen LogP contribution is 2.17. The van der Waals surface area contributed by atoms with Crippen LogP contribution in [0.25, 0.3) is 0 Å². The number of amides is 1. The molecule has 0 saturated heterocycles. The lowest BCUT2D eigenvalue weighted by Crippen LogP contribution is -2.34. The predicted octanol–water partition coefficient (Wildman–Crippen LogP) is 3.25. The van der Waals surface area contributed by atoms with Gasteiger partial charge in [0, 0.05) is 5.69 Å². The number of nitrogens with zero attached hydrogens (tertiary/aromatic N) is 1. The number of unbranched alkanes of at least 4 members (excludes halogenated alkanes) is 2. The average Bonchev–Trinajstić information content (AvgIpc) is 2.45.